The van der Waals surface area contributed by atoms with Crippen LogP contribution in [0, 0.1) is 5.92 Å². The average molecular weight is 280 g/mol. The summed E-state index contributed by atoms with van der Waals surface area (Å²) in [6, 6.07) is 14.8. The normalized spacial score (nSPS) is 22.1. The molecular formula is C19H24N2. The Morgan fingerprint density at radius 2 is 1.38 bits per heavy atom. The summed E-state index contributed by atoms with van der Waals surface area (Å²) in [7, 11) is 0. The molecule has 4 N–H and O–H groups in total. The maximum absolute atomic E-state index is 5.89. The molecule has 0 amide bonds. The molecule has 0 unspecified atom stereocenters. The fourth-order valence-corrected chi connectivity index (χ4v) is 3.30. The van der Waals surface area contributed by atoms with Crippen LogP contribution >= 0.6 is 0 Å². The van der Waals surface area contributed by atoms with Crippen molar-refractivity contribution in [2.24, 2.45) is 5.92 Å². The zero-order valence-corrected chi connectivity index (χ0v) is 12.7. The monoisotopic (exact) mass is 280 g/mol. The molecule has 110 valence electrons. The Hall–Kier alpha value is -1.96. The van der Waals surface area contributed by atoms with Crippen molar-refractivity contribution < 1.29 is 0 Å². The van der Waals surface area contributed by atoms with Crippen LogP contribution in [0.1, 0.15) is 44.1 Å². The average Bonchev–Trinajstić information content (AvgIpc) is 2.51. The predicted octanol–water partition coefficient (Wildman–Crippen LogP) is 4.81. The van der Waals surface area contributed by atoms with Gasteiger partial charge in [-0.25, -0.2) is 0 Å². The van der Waals surface area contributed by atoms with Crippen LogP contribution in [0.2, 0.25) is 0 Å². The molecule has 1 aliphatic carbocycles. The van der Waals surface area contributed by atoms with Crippen LogP contribution in [0.5, 0.6) is 0 Å². The molecule has 0 atom stereocenters. The minimum atomic E-state index is 0.645. The highest BCUT2D eigenvalue weighted by Gasteiger charge is 2.19. The first-order chi connectivity index (χ1) is 10.1. The molecule has 2 nitrogen and oxygen atoms in total. The second kappa shape index (κ2) is 5.80. The fraction of sp³-hybridized carbons (Fsp3) is 0.368. The number of nitrogen functional groups attached to an aromatic ring is 2. The van der Waals surface area contributed by atoms with E-state index in [4.69, 9.17) is 11.5 Å². The van der Waals surface area contributed by atoms with Crippen LogP contribution in [0.15, 0.2) is 42.5 Å². The second-order valence-electron chi connectivity index (χ2n) is 6.42. The highest BCUT2D eigenvalue weighted by Crippen LogP contribution is 2.36. The topological polar surface area (TPSA) is 52.0 Å². The predicted molar refractivity (Wildman–Crippen MR) is 91.1 cm³/mol. The first kappa shape index (κ1) is 14.0. The van der Waals surface area contributed by atoms with Gasteiger partial charge in [-0.05, 0) is 53.5 Å². The van der Waals surface area contributed by atoms with E-state index >= 15 is 0 Å². The van der Waals surface area contributed by atoms with Crippen LogP contribution in [-0.2, 0) is 0 Å². The van der Waals surface area contributed by atoms with E-state index in [0.717, 1.165) is 17.4 Å². The van der Waals surface area contributed by atoms with Crippen molar-refractivity contribution in [2.45, 2.75) is 38.5 Å². The third-order valence-corrected chi connectivity index (χ3v) is 4.82. The lowest BCUT2D eigenvalue weighted by Crippen LogP contribution is -2.10. The van der Waals surface area contributed by atoms with Gasteiger partial charge in [-0.2, -0.15) is 0 Å². The minimum absolute atomic E-state index is 0.645. The van der Waals surface area contributed by atoms with Crippen molar-refractivity contribution in [2.75, 3.05) is 11.5 Å². The van der Waals surface area contributed by atoms with Crippen LogP contribution < -0.4 is 11.5 Å². The summed E-state index contributed by atoms with van der Waals surface area (Å²) in [5, 5.41) is 0. The summed E-state index contributed by atoms with van der Waals surface area (Å²) in [6.07, 6.45) is 5.38. The van der Waals surface area contributed by atoms with Gasteiger partial charge in [-0.15, -0.1) is 0 Å². The highest BCUT2D eigenvalue weighted by molar-refractivity contribution is 5.74. The fourth-order valence-electron chi connectivity index (χ4n) is 3.30. The van der Waals surface area contributed by atoms with Gasteiger partial charge in [-0.3, -0.25) is 0 Å². The van der Waals surface area contributed by atoms with E-state index in [1.165, 1.54) is 36.8 Å². The molecule has 0 aromatic heterocycles. The lowest BCUT2D eigenvalue weighted by Gasteiger charge is -2.26. The summed E-state index contributed by atoms with van der Waals surface area (Å²) >= 11 is 0. The van der Waals surface area contributed by atoms with E-state index in [2.05, 4.69) is 31.2 Å². The molecule has 2 aromatic carbocycles. The van der Waals surface area contributed by atoms with Crippen LogP contribution in [0.3, 0.4) is 0 Å². The molecule has 3 rings (SSSR count). The maximum Gasteiger partial charge on any atom is 0.0554 e. The number of rotatable bonds is 2. The molecule has 0 bridgehead atoms. The third-order valence-electron chi connectivity index (χ3n) is 4.82. The Labute approximate surface area is 127 Å². The number of nitrogens with two attached hydrogens (primary N) is 2. The Kier molecular flexibility index (Phi) is 3.87. The lowest BCUT2D eigenvalue weighted by molar-refractivity contribution is 0.348. The van der Waals surface area contributed by atoms with Gasteiger partial charge < -0.3 is 11.5 Å². The molecule has 0 saturated heterocycles. The Balaban J connectivity index is 1.79. The van der Waals surface area contributed by atoms with Crippen LogP contribution in [0.25, 0.3) is 11.1 Å². The lowest BCUT2D eigenvalue weighted by atomic mass is 9.79. The van der Waals surface area contributed by atoms with Gasteiger partial charge in [0.1, 0.15) is 0 Å². The molecule has 0 aliphatic heterocycles. The van der Waals surface area contributed by atoms with Gasteiger partial charge in [0.05, 0.1) is 11.4 Å². The summed E-state index contributed by atoms with van der Waals surface area (Å²) < 4.78 is 0. The molecule has 1 saturated carbocycles. The molecule has 2 heteroatoms. The van der Waals surface area contributed by atoms with Gasteiger partial charge >= 0.3 is 0 Å². The number of hydrogen-bond acceptors (Lipinski definition) is 2. The zero-order chi connectivity index (χ0) is 14.8. The van der Waals surface area contributed by atoms with Crippen molar-refractivity contribution in [3.05, 3.63) is 48.0 Å². The zero-order valence-electron chi connectivity index (χ0n) is 12.7. The summed E-state index contributed by atoms with van der Waals surface area (Å²) in [5.74, 6) is 1.64. The van der Waals surface area contributed by atoms with Crippen LogP contribution in [0.4, 0.5) is 11.4 Å². The maximum atomic E-state index is 5.89. The van der Waals surface area contributed by atoms with E-state index in [9.17, 15) is 0 Å². The van der Waals surface area contributed by atoms with Crippen molar-refractivity contribution >= 4 is 11.4 Å². The van der Waals surface area contributed by atoms with E-state index in [-0.39, 0.29) is 0 Å². The smallest absolute Gasteiger partial charge is 0.0554 e. The third kappa shape index (κ3) is 3.05. The van der Waals surface area contributed by atoms with Crippen molar-refractivity contribution in [1.29, 1.82) is 0 Å². The number of benzene rings is 2. The van der Waals surface area contributed by atoms with Gasteiger partial charge in [0.15, 0.2) is 0 Å². The molecule has 2 aromatic rings. The van der Waals surface area contributed by atoms with Crippen molar-refractivity contribution in [3.8, 4) is 11.1 Å². The second-order valence-corrected chi connectivity index (χ2v) is 6.42. The van der Waals surface area contributed by atoms with E-state index in [0.29, 0.717) is 11.4 Å². The Morgan fingerprint density at radius 1 is 0.762 bits per heavy atom. The standard InChI is InChI=1S/C19H24N2/c1-13-2-4-14(5-3-13)15-6-8-16(9-7-15)17-10-11-18(20)19(21)12-17/h6-14H,2-5,20-21H2,1H3. The van der Waals surface area contributed by atoms with Crippen LogP contribution in [-0.4, -0.2) is 0 Å². The summed E-state index contributed by atoms with van der Waals surface area (Å²) in [4.78, 5) is 0. The van der Waals surface area contributed by atoms with E-state index in [1.54, 1.807) is 0 Å². The van der Waals surface area contributed by atoms with Crippen molar-refractivity contribution in [3.63, 3.8) is 0 Å². The molecule has 0 radical (unpaired) electrons. The molecule has 0 heterocycles. The largest absolute Gasteiger partial charge is 0.397 e. The van der Waals surface area contributed by atoms with Gasteiger partial charge in [0, 0.05) is 0 Å². The highest BCUT2D eigenvalue weighted by atomic mass is 14.7. The molecule has 21 heavy (non-hydrogen) atoms. The quantitative estimate of drug-likeness (QED) is 0.775. The van der Waals surface area contributed by atoms with Gasteiger partial charge in [-0.1, -0.05) is 50.1 Å². The number of hydrogen-bond donors (Lipinski definition) is 2. The number of anilines is 2. The van der Waals surface area contributed by atoms with Crippen molar-refractivity contribution in [1.82, 2.24) is 0 Å². The molecule has 0 spiro atoms. The van der Waals surface area contributed by atoms with E-state index in [1.807, 2.05) is 18.2 Å². The molecular weight excluding hydrogens is 256 g/mol. The Bertz CT molecular complexity index is 608. The first-order valence-corrected chi connectivity index (χ1v) is 7.89. The summed E-state index contributed by atoms with van der Waals surface area (Å²) in [5.41, 5.74) is 16.8. The van der Waals surface area contributed by atoms with E-state index < -0.39 is 0 Å². The molecule has 1 fully saturated rings. The SMILES string of the molecule is CC1CCC(c2ccc(-c3ccc(N)c(N)c3)cc2)CC1. The Morgan fingerprint density at radius 3 is 2.00 bits per heavy atom. The van der Waals surface area contributed by atoms with Gasteiger partial charge in [0.25, 0.3) is 0 Å². The molecule has 1 aliphatic rings. The minimum Gasteiger partial charge on any atom is -0.397 e. The summed E-state index contributed by atoms with van der Waals surface area (Å²) in [6.45, 7) is 2.37. The van der Waals surface area contributed by atoms with Gasteiger partial charge in [0.2, 0.25) is 0 Å². The first-order valence-electron chi connectivity index (χ1n) is 7.89.